The third-order valence-corrected chi connectivity index (χ3v) is 3.22. The number of carbonyl (C=O) groups excluding carboxylic acids is 1. The normalized spacial score (nSPS) is 19.3. The van der Waals surface area contributed by atoms with Crippen molar-refractivity contribution in [3.63, 3.8) is 0 Å². The Morgan fingerprint density at radius 2 is 2.29 bits per heavy atom. The minimum Gasteiger partial charge on any atom is -0.324 e. The first-order valence-corrected chi connectivity index (χ1v) is 5.62. The predicted octanol–water partition coefficient (Wildman–Crippen LogP) is 3.28. The molecule has 1 N–H and O–H groups in total. The lowest BCUT2D eigenvalue weighted by atomic mass is 9.96. The van der Waals surface area contributed by atoms with Crippen LogP contribution >= 0.6 is 15.9 Å². The Hall–Kier alpha value is -0.830. The summed E-state index contributed by atoms with van der Waals surface area (Å²) in [7, 11) is 0. The van der Waals surface area contributed by atoms with Crippen molar-refractivity contribution in [2.45, 2.75) is 25.7 Å². The number of hydrogen-bond acceptors (Lipinski definition) is 1. The van der Waals surface area contributed by atoms with Gasteiger partial charge in [-0.3, -0.25) is 4.79 Å². The summed E-state index contributed by atoms with van der Waals surface area (Å²) in [5.74, 6) is 0.182. The molecular weight excluding hydrogens is 242 g/mol. The molecule has 2 nitrogen and oxygen atoms in total. The van der Waals surface area contributed by atoms with Crippen molar-refractivity contribution >= 4 is 27.5 Å². The Bertz CT molecular complexity index is 376. The van der Waals surface area contributed by atoms with E-state index >= 15 is 0 Å². The molecule has 0 saturated carbocycles. The lowest BCUT2D eigenvalue weighted by Gasteiger charge is -2.06. The molecule has 1 aliphatic rings. The molecule has 1 atom stereocenters. The van der Waals surface area contributed by atoms with E-state index in [9.17, 15) is 4.79 Å². The summed E-state index contributed by atoms with van der Waals surface area (Å²) in [6, 6.07) is 5.96. The van der Waals surface area contributed by atoms with Gasteiger partial charge in [0.2, 0.25) is 5.91 Å². The van der Waals surface area contributed by atoms with E-state index in [1.165, 1.54) is 0 Å². The Labute approximate surface area is 91.8 Å². The van der Waals surface area contributed by atoms with Crippen molar-refractivity contribution in [2.24, 2.45) is 0 Å². The van der Waals surface area contributed by atoms with Crippen LogP contribution in [0, 0.1) is 0 Å². The number of halogens is 1. The van der Waals surface area contributed by atoms with Crippen molar-refractivity contribution < 1.29 is 4.79 Å². The van der Waals surface area contributed by atoms with Gasteiger partial charge in [-0.15, -0.1) is 0 Å². The molecule has 1 aromatic carbocycles. The number of amides is 1. The average molecular weight is 254 g/mol. The maximum Gasteiger partial charge on any atom is 0.232 e. The van der Waals surface area contributed by atoms with Gasteiger partial charge in [0.05, 0.1) is 11.6 Å². The second kappa shape index (κ2) is 3.73. The Morgan fingerprint density at radius 3 is 3.00 bits per heavy atom. The summed E-state index contributed by atoms with van der Waals surface area (Å²) in [5.41, 5.74) is 2.09. The maximum absolute atomic E-state index is 11.6. The van der Waals surface area contributed by atoms with Gasteiger partial charge < -0.3 is 5.32 Å². The van der Waals surface area contributed by atoms with Crippen LogP contribution in [0.25, 0.3) is 0 Å². The SMILES string of the molecule is CCCC1C(=O)Nc2c(Br)cccc21. The molecule has 1 heterocycles. The molecule has 0 saturated heterocycles. The third-order valence-electron chi connectivity index (χ3n) is 2.56. The quantitative estimate of drug-likeness (QED) is 0.862. The van der Waals surface area contributed by atoms with Gasteiger partial charge in [0.15, 0.2) is 0 Å². The first-order valence-electron chi connectivity index (χ1n) is 4.83. The molecule has 2 rings (SSSR count). The minimum absolute atomic E-state index is 0.0486. The zero-order chi connectivity index (χ0) is 10.1. The van der Waals surface area contributed by atoms with Crippen LogP contribution in [0.4, 0.5) is 5.69 Å². The molecule has 0 fully saturated rings. The second-order valence-electron chi connectivity index (χ2n) is 3.53. The number of carbonyl (C=O) groups is 1. The van der Waals surface area contributed by atoms with Crippen LogP contribution < -0.4 is 5.32 Å². The Balaban J connectivity index is 2.42. The number of nitrogens with one attached hydrogen (secondary N) is 1. The summed E-state index contributed by atoms with van der Waals surface area (Å²) >= 11 is 3.44. The fraction of sp³-hybridized carbons (Fsp3) is 0.364. The van der Waals surface area contributed by atoms with Gasteiger partial charge in [-0.05, 0) is 34.0 Å². The molecular formula is C11H12BrNO. The molecule has 0 aliphatic carbocycles. The molecule has 0 spiro atoms. The number of benzene rings is 1. The van der Waals surface area contributed by atoms with E-state index in [2.05, 4.69) is 28.2 Å². The first kappa shape index (κ1) is 9.71. The van der Waals surface area contributed by atoms with Crippen LogP contribution in [0.2, 0.25) is 0 Å². The van der Waals surface area contributed by atoms with Gasteiger partial charge >= 0.3 is 0 Å². The van der Waals surface area contributed by atoms with E-state index in [1.807, 2.05) is 18.2 Å². The molecule has 1 unspecified atom stereocenters. The van der Waals surface area contributed by atoms with Crippen LogP contribution in [0.3, 0.4) is 0 Å². The molecule has 3 heteroatoms. The van der Waals surface area contributed by atoms with Crippen LogP contribution in [-0.4, -0.2) is 5.91 Å². The van der Waals surface area contributed by atoms with E-state index < -0.39 is 0 Å². The van der Waals surface area contributed by atoms with Gasteiger partial charge in [0.1, 0.15) is 0 Å². The van der Waals surface area contributed by atoms with Crippen molar-refractivity contribution in [1.29, 1.82) is 0 Å². The van der Waals surface area contributed by atoms with Gasteiger partial charge in [-0.2, -0.15) is 0 Å². The molecule has 1 amide bonds. The Kier molecular flexibility index (Phi) is 2.59. The lowest BCUT2D eigenvalue weighted by Crippen LogP contribution is -2.11. The largest absolute Gasteiger partial charge is 0.324 e. The summed E-state index contributed by atoms with van der Waals surface area (Å²) in [5, 5.41) is 2.91. The summed E-state index contributed by atoms with van der Waals surface area (Å²) in [6.07, 6.45) is 1.96. The van der Waals surface area contributed by atoms with Crippen molar-refractivity contribution in [1.82, 2.24) is 0 Å². The number of rotatable bonds is 2. The highest BCUT2D eigenvalue weighted by atomic mass is 79.9. The van der Waals surface area contributed by atoms with E-state index in [1.54, 1.807) is 0 Å². The zero-order valence-corrected chi connectivity index (χ0v) is 9.60. The van der Waals surface area contributed by atoms with Crippen LogP contribution in [0.15, 0.2) is 22.7 Å². The topological polar surface area (TPSA) is 29.1 Å². The van der Waals surface area contributed by atoms with Crippen LogP contribution in [-0.2, 0) is 4.79 Å². The third kappa shape index (κ3) is 1.46. The molecule has 1 aromatic rings. The van der Waals surface area contributed by atoms with Crippen molar-refractivity contribution in [2.75, 3.05) is 5.32 Å². The Morgan fingerprint density at radius 1 is 1.50 bits per heavy atom. The average Bonchev–Trinajstić information content (AvgIpc) is 2.47. The summed E-state index contributed by atoms with van der Waals surface area (Å²) in [4.78, 5) is 11.6. The van der Waals surface area contributed by atoms with E-state index in [0.29, 0.717) is 0 Å². The van der Waals surface area contributed by atoms with Crippen LogP contribution in [0.1, 0.15) is 31.2 Å². The number of hydrogen-bond donors (Lipinski definition) is 1. The molecule has 0 radical (unpaired) electrons. The lowest BCUT2D eigenvalue weighted by molar-refractivity contribution is -0.117. The summed E-state index contributed by atoms with van der Waals surface area (Å²) in [6.45, 7) is 2.10. The molecule has 0 bridgehead atoms. The van der Waals surface area contributed by atoms with E-state index in [-0.39, 0.29) is 11.8 Å². The number of fused-ring (bicyclic) bond motifs is 1. The highest BCUT2D eigenvalue weighted by Crippen LogP contribution is 2.39. The molecule has 1 aliphatic heterocycles. The monoisotopic (exact) mass is 253 g/mol. The van der Waals surface area contributed by atoms with E-state index in [0.717, 1.165) is 28.6 Å². The highest BCUT2D eigenvalue weighted by Gasteiger charge is 2.30. The number of para-hydroxylation sites is 1. The second-order valence-corrected chi connectivity index (χ2v) is 4.39. The smallest absolute Gasteiger partial charge is 0.232 e. The van der Waals surface area contributed by atoms with Gasteiger partial charge in [-0.25, -0.2) is 0 Å². The predicted molar refractivity (Wildman–Crippen MR) is 60.4 cm³/mol. The first-order chi connectivity index (χ1) is 6.74. The molecule has 14 heavy (non-hydrogen) atoms. The van der Waals surface area contributed by atoms with Crippen LogP contribution in [0.5, 0.6) is 0 Å². The van der Waals surface area contributed by atoms with E-state index in [4.69, 9.17) is 0 Å². The standard InChI is InChI=1S/C11H12BrNO/c1-2-4-8-7-5-3-6-9(12)10(7)13-11(8)14/h3,5-6,8H,2,4H2,1H3,(H,13,14). The van der Waals surface area contributed by atoms with Gasteiger partial charge in [-0.1, -0.05) is 25.5 Å². The zero-order valence-electron chi connectivity index (χ0n) is 8.01. The van der Waals surface area contributed by atoms with Crippen molar-refractivity contribution in [3.8, 4) is 0 Å². The molecule has 0 aromatic heterocycles. The molecule has 74 valence electrons. The summed E-state index contributed by atoms with van der Waals surface area (Å²) < 4.78 is 0.974. The number of anilines is 1. The van der Waals surface area contributed by atoms with Crippen molar-refractivity contribution in [3.05, 3.63) is 28.2 Å². The van der Waals surface area contributed by atoms with Gasteiger partial charge in [0.25, 0.3) is 0 Å². The fourth-order valence-electron chi connectivity index (χ4n) is 1.89. The maximum atomic E-state index is 11.6. The minimum atomic E-state index is 0.0486. The van der Waals surface area contributed by atoms with Gasteiger partial charge in [0, 0.05) is 4.47 Å². The fourth-order valence-corrected chi connectivity index (χ4v) is 2.37. The highest BCUT2D eigenvalue weighted by molar-refractivity contribution is 9.10.